The summed E-state index contributed by atoms with van der Waals surface area (Å²) in [6, 6.07) is 0. The molecule has 14 heavy (non-hydrogen) atoms. The third-order valence-electron chi connectivity index (χ3n) is 2.36. The van der Waals surface area contributed by atoms with E-state index in [1.54, 1.807) is 13.8 Å². The van der Waals surface area contributed by atoms with E-state index >= 15 is 0 Å². The van der Waals surface area contributed by atoms with E-state index < -0.39 is 0 Å². The predicted octanol–water partition coefficient (Wildman–Crippen LogP) is -0.218. The lowest BCUT2D eigenvalue weighted by atomic mass is 10.2. The van der Waals surface area contributed by atoms with Crippen LogP contribution in [0.25, 0.3) is 0 Å². The van der Waals surface area contributed by atoms with Crippen molar-refractivity contribution in [2.24, 2.45) is 0 Å². The lowest BCUT2D eigenvalue weighted by Crippen LogP contribution is -2.48. The summed E-state index contributed by atoms with van der Waals surface area (Å²) in [6.45, 7) is 7.91. The second-order valence-electron chi connectivity index (χ2n) is 3.96. The highest BCUT2D eigenvalue weighted by Gasteiger charge is 2.17. The summed E-state index contributed by atoms with van der Waals surface area (Å²) in [5.41, 5.74) is 0. The third-order valence-corrected chi connectivity index (χ3v) is 2.36. The predicted molar refractivity (Wildman–Crippen MR) is 54.2 cm³/mol. The Kier molecular flexibility index (Phi) is 4.22. The molecule has 80 valence electrons. The number of rotatable bonds is 4. The zero-order chi connectivity index (χ0) is 10.6. The summed E-state index contributed by atoms with van der Waals surface area (Å²) in [7, 11) is 0. The second-order valence-corrected chi connectivity index (χ2v) is 3.96. The normalized spacial score (nSPS) is 19.6. The van der Waals surface area contributed by atoms with Crippen LogP contribution in [0.1, 0.15) is 13.8 Å². The van der Waals surface area contributed by atoms with Crippen LogP contribution in [0.3, 0.4) is 0 Å². The second kappa shape index (κ2) is 5.22. The van der Waals surface area contributed by atoms with E-state index in [4.69, 9.17) is 0 Å². The van der Waals surface area contributed by atoms with Crippen molar-refractivity contribution in [3.8, 4) is 0 Å². The molecule has 0 unspecified atom stereocenters. The van der Waals surface area contributed by atoms with Gasteiger partial charge in [-0.15, -0.1) is 0 Å². The van der Waals surface area contributed by atoms with Crippen molar-refractivity contribution < 1.29 is 9.59 Å². The van der Waals surface area contributed by atoms with Gasteiger partial charge in [0.15, 0.2) is 0 Å². The zero-order valence-electron chi connectivity index (χ0n) is 8.95. The van der Waals surface area contributed by atoms with Crippen LogP contribution < -0.4 is 0 Å². The first-order valence-electron chi connectivity index (χ1n) is 5.01. The minimum atomic E-state index is 0.213. The molecule has 0 bridgehead atoms. The van der Waals surface area contributed by atoms with Crippen LogP contribution in [0.4, 0.5) is 0 Å². The zero-order valence-corrected chi connectivity index (χ0v) is 8.95. The fraction of sp³-hybridized carbons (Fsp3) is 0.800. The number of carbonyl (C=O) groups excluding carboxylic acids is 2. The van der Waals surface area contributed by atoms with Crippen molar-refractivity contribution in [2.45, 2.75) is 13.8 Å². The molecule has 4 nitrogen and oxygen atoms in total. The monoisotopic (exact) mass is 198 g/mol. The number of Topliss-reactive ketones (excluding diaryl/α,β-unsaturated/α-hetero) is 2. The fourth-order valence-corrected chi connectivity index (χ4v) is 1.74. The van der Waals surface area contributed by atoms with Crippen molar-refractivity contribution in [2.75, 3.05) is 39.3 Å². The number of carbonyl (C=O) groups is 2. The molecule has 0 saturated carbocycles. The summed E-state index contributed by atoms with van der Waals surface area (Å²) in [5.74, 6) is 0.426. The molecule has 1 rings (SSSR count). The van der Waals surface area contributed by atoms with Gasteiger partial charge in [-0.2, -0.15) is 0 Å². The van der Waals surface area contributed by atoms with Gasteiger partial charge in [0.05, 0.1) is 13.1 Å². The number of ketones is 2. The van der Waals surface area contributed by atoms with Crippen LogP contribution in [0.15, 0.2) is 0 Å². The summed E-state index contributed by atoms with van der Waals surface area (Å²) >= 11 is 0. The molecule has 0 radical (unpaired) electrons. The number of nitrogens with zero attached hydrogens (tertiary/aromatic N) is 2. The molecule has 0 amide bonds. The lowest BCUT2D eigenvalue weighted by molar-refractivity contribution is -0.120. The Morgan fingerprint density at radius 2 is 1.14 bits per heavy atom. The smallest absolute Gasteiger partial charge is 0.143 e. The van der Waals surface area contributed by atoms with Gasteiger partial charge in [0.2, 0.25) is 0 Å². The van der Waals surface area contributed by atoms with Crippen LogP contribution in [-0.4, -0.2) is 60.6 Å². The molecule has 1 fully saturated rings. The molecule has 0 N–H and O–H groups in total. The minimum absolute atomic E-state index is 0.213. The molecule has 1 heterocycles. The highest BCUT2D eigenvalue weighted by molar-refractivity contribution is 5.78. The van der Waals surface area contributed by atoms with Crippen molar-refractivity contribution in [1.82, 2.24) is 9.80 Å². The van der Waals surface area contributed by atoms with Crippen molar-refractivity contribution >= 4 is 11.6 Å². The Balaban J connectivity index is 2.24. The molecule has 0 aromatic rings. The Morgan fingerprint density at radius 1 is 0.857 bits per heavy atom. The van der Waals surface area contributed by atoms with Gasteiger partial charge in [-0.25, -0.2) is 0 Å². The topological polar surface area (TPSA) is 40.6 Å². The van der Waals surface area contributed by atoms with Crippen LogP contribution in [0, 0.1) is 0 Å². The molecule has 0 aliphatic carbocycles. The van der Waals surface area contributed by atoms with Gasteiger partial charge in [0.25, 0.3) is 0 Å². The molecule has 1 saturated heterocycles. The van der Waals surface area contributed by atoms with Gasteiger partial charge in [0, 0.05) is 26.2 Å². The Labute approximate surface area is 84.9 Å². The third kappa shape index (κ3) is 3.98. The van der Waals surface area contributed by atoms with E-state index in [1.165, 1.54) is 0 Å². The van der Waals surface area contributed by atoms with Crippen LogP contribution in [0.5, 0.6) is 0 Å². The Hall–Kier alpha value is -0.740. The van der Waals surface area contributed by atoms with Crippen molar-refractivity contribution in [1.29, 1.82) is 0 Å². The standard InChI is InChI=1S/C10H18N2O2/c1-9(13)7-11-3-5-12(6-4-11)8-10(2)14/h3-8H2,1-2H3. The molecule has 0 aromatic carbocycles. The van der Waals surface area contributed by atoms with Crippen molar-refractivity contribution in [3.05, 3.63) is 0 Å². The average molecular weight is 198 g/mol. The first-order valence-corrected chi connectivity index (χ1v) is 5.01. The number of piperazine rings is 1. The fourth-order valence-electron chi connectivity index (χ4n) is 1.74. The van der Waals surface area contributed by atoms with E-state index in [0.29, 0.717) is 13.1 Å². The maximum atomic E-state index is 10.9. The van der Waals surface area contributed by atoms with Crippen molar-refractivity contribution in [3.63, 3.8) is 0 Å². The molecule has 0 spiro atoms. The van der Waals surface area contributed by atoms with Gasteiger partial charge in [0.1, 0.15) is 11.6 Å². The van der Waals surface area contributed by atoms with E-state index in [2.05, 4.69) is 9.80 Å². The molecule has 0 atom stereocenters. The summed E-state index contributed by atoms with van der Waals surface area (Å²) < 4.78 is 0. The lowest BCUT2D eigenvalue weighted by Gasteiger charge is -2.33. The largest absolute Gasteiger partial charge is 0.299 e. The number of hydrogen-bond acceptors (Lipinski definition) is 4. The highest BCUT2D eigenvalue weighted by Crippen LogP contribution is 2.01. The van der Waals surface area contributed by atoms with Gasteiger partial charge < -0.3 is 0 Å². The summed E-state index contributed by atoms with van der Waals surface area (Å²) in [5, 5.41) is 0. The highest BCUT2D eigenvalue weighted by atomic mass is 16.1. The Morgan fingerprint density at radius 3 is 1.36 bits per heavy atom. The van der Waals surface area contributed by atoms with E-state index in [0.717, 1.165) is 26.2 Å². The maximum Gasteiger partial charge on any atom is 0.143 e. The van der Waals surface area contributed by atoms with Gasteiger partial charge in [-0.3, -0.25) is 19.4 Å². The number of hydrogen-bond donors (Lipinski definition) is 0. The molecule has 1 aliphatic rings. The molecule has 0 aromatic heterocycles. The average Bonchev–Trinajstić information content (AvgIpc) is 2.06. The van der Waals surface area contributed by atoms with Crippen LogP contribution >= 0.6 is 0 Å². The molecular weight excluding hydrogens is 180 g/mol. The summed E-state index contributed by atoms with van der Waals surface area (Å²) in [4.78, 5) is 26.0. The molecule has 4 heteroatoms. The first kappa shape index (κ1) is 11.3. The molecular formula is C10H18N2O2. The van der Waals surface area contributed by atoms with Gasteiger partial charge >= 0.3 is 0 Å². The quantitative estimate of drug-likeness (QED) is 0.626. The summed E-state index contributed by atoms with van der Waals surface area (Å²) in [6.07, 6.45) is 0. The van der Waals surface area contributed by atoms with E-state index in [1.807, 2.05) is 0 Å². The van der Waals surface area contributed by atoms with E-state index in [9.17, 15) is 9.59 Å². The Bertz CT molecular complexity index is 196. The SMILES string of the molecule is CC(=O)CN1CCN(CC(C)=O)CC1. The van der Waals surface area contributed by atoms with Gasteiger partial charge in [-0.1, -0.05) is 0 Å². The van der Waals surface area contributed by atoms with Crippen LogP contribution in [-0.2, 0) is 9.59 Å². The van der Waals surface area contributed by atoms with E-state index in [-0.39, 0.29) is 11.6 Å². The first-order chi connectivity index (χ1) is 6.58. The maximum absolute atomic E-state index is 10.9. The van der Waals surface area contributed by atoms with Crippen LogP contribution in [0.2, 0.25) is 0 Å². The van der Waals surface area contributed by atoms with Gasteiger partial charge in [-0.05, 0) is 13.8 Å². The minimum Gasteiger partial charge on any atom is -0.299 e. The molecule has 1 aliphatic heterocycles.